The number of halogens is 21. The Hall–Kier alpha value is 7.84. The predicted molar refractivity (Wildman–Crippen MR) is 210 cm³/mol. The number of allylic oxidation sites excluding steroid dienone is 1. The van der Waals surface area contributed by atoms with Crippen LogP contribution in [0.3, 0.4) is 0 Å². The maximum absolute atomic E-state index is 13.3. The first-order valence-electron chi connectivity index (χ1n) is 7.95. The molecule has 2 atom stereocenters. The third kappa shape index (κ3) is 8.61. The average molecular weight is 1550 g/mol. The molecule has 1 unspecified atom stereocenters. The van der Waals surface area contributed by atoms with Gasteiger partial charge in [0, 0.05) is 12.5 Å². The van der Waals surface area contributed by atoms with Gasteiger partial charge in [-0.3, -0.25) is 4.39 Å². The fourth-order valence-corrected chi connectivity index (χ4v) is 16.0. The first-order chi connectivity index (χ1) is 15.1. The van der Waals surface area contributed by atoms with E-state index in [1.54, 1.807) is 0 Å². The van der Waals surface area contributed by atoms with E-state index in [-0.39, 0.29) is 6.42 Å². The SMILES string of the molecule is FCCC(Br)(Br)C(Br)(Br)C(Cl)(Cl)C(Cl)(Cl)C(I)(I)C(I)(I)C(Br)(Br)C(Br)C(Cl)(Cl)[C@H](Cl)C=C(F)F. The minimum atomic E-state index is -2.10. The quantitative estimate of drug-likeness (QED) is 0.135. The molecule has 0 aromatic rings. The highest BCUT2D eigenvalue weighted by atomic mass is 127. The van der Waals surface area contributed by atoms with Crippen LogP contribution in [0.4, 0.5) is 13.2 Å². The molecule has 0 saturated carbocycles. The van der Waals surface area contributed by atoms with Crippen molar-refractivity contribution < 1.29 is 13.2 Å². The van der Waals surface area contributed by atoms with E-state index in [2.05, 4.69) is 112 Å². The van der Waals surface area contributed by atoms with Gasteiger partial charge in [-0.2, -0.15) is 8.78 Å². The number of hydrogen-bond acceptors (Lipinski definition) is 0. The molecule has 0 aromatic heterocycles. The summed E-state index contributed by atoms with van der Waals surface area (Å²) in [6, 6.07) is 0. The van der Waals surface area contributed by atoms with Crippen LogP contribution in [0.2, 0.25) is 0 Å². The topological polar surface area (TPSA) is 0 Å². The second-order valence-electron chi connectivity index (χ2n) is 6.53. The van der Waals surface area contributed by atoms with Crippen molar-refractivity contribution in [1.82, 2.24) is 0 Å². The van der Waals surface area contributed by atoms with E-state index in [0.717, 1.165) is 0 Å². The second-order valence-corrected chi connectivity index (χ2v) is 33.4. The van der Waals surface area contributed by atoms with Gasteiger partial charge in [0.1, 0.15) is 12.6 Å². The Kier molecular flexibility index (Phi) is 18.6. The van der Waals surface area contributed by atoms with Crippen LogP contribution in [-0.2, 0) is 0 Å². The van der Waals surface area contributed by atoms with Crippen molar-refractivity contribution in [1.29, 1.82) is 0 Å². The average Bonchev–Trinajstić information content (AvgIpc) is 2.65. The molecule has 0 bridgehead atoms. The summed E-state index contributed by atoms with van der Waals surface area (Å²) in [5, 5.41) is -1.51. The summed E-state index contributed by atoms with van der Waals surface area (Å²) in [6.07, 6.45) is -1.73. The van der Waals surface area contributed by atoms with Crippen molar-refractivity contribution in [2.45, 2.75) is 42.2 Å². The molecule has 0 aliphatic rings. The Morgan fingerprint density at radius 2 is 1.20 bits per heavy atom. The summed E-state index contributed by atoms with van der Waals surface area (Å²) < 4.78 is 26.1. The molecule has 0 aliphatic heterocycles. The molecule has 210 valence electrons. The largest absolute Gasteiger partial charge is 0.267 e. The lowest BCUT2D eigenvalue weighted by atomic mass is 10.0. The predicted octanol–water partition coefficient (Wildman–Crippen LogP) is 14.6. The molecule has 0 amide bonds. The number of rotatable bonds is 12. The fourth-order valence-electron chi connectivity index (χ4n) is 2.07. The van der Waals surface area contributed by atoms with Gasteiger partial charge in [-0.1, -0.05) is 271 Å². The van der Waals surface area contributed by atoms with Gasteiger partial charge >= 0.3 is 0 Å². The van der Waals surface area contributed by atoms with E-state index >= 15 is 0 Å². The van der Waals surface area contributed by atoms with Crippen molar-refractivity contribution in [3.63, 3.8) is 0 Å². The lowest BCUT2D eigenvalue weighted by Crippen LogP contribution is -2.69. The Morgan fingerprint density at radius 3 is 1.54 bits per heavy atom. The van der Waals surface area contributed by atoms with Crippen LogP contribution >= 0.6 is 283 Å². The van der Waals surface area contributed by atoms with Gasteiger partial charge in [-0.15, -0.1) is 11.6 Å². The molecule has 21 heteroatoms. The van der Waals surface area contributed by atoms with Crippen LogP contribution in [-0.4, -0.2) is 42.4 Å². The van der Waals surface area contributed by atoms with Crippen molar-refractivity contribution in [3.8, 4) is 0 Å². The van der Waals surface area contributed by atoms with Crippen LogP contribution < -0.4 is 0 Å². The highest BCUT2D eigenvalue weighted by molar-refractivity contribution is 14.2. The van der Waals surface area contributed by atoms with E-state index in [0.29, 0.717) is 6.08 Å². The summed E-state index contributed by atoms with van der Waals surface area (Å²) in [6.45, 7) is -0.739. The van der Waals surface area contributed by atoms with Crippen LogP contribution in [0.1, 0.15) is 6.42 Å². The van der Waals surface area contributed by atoms with Gasteiger partial charge in [-0.05, 0) is 0 Å². The maximum Gasteiger partial charge on any atom is 0.267 e. The van der Waals surface area contributed by atoms with Gasteiger partial charge < -0.3 is 0 Å². The Balaban J connectivity index is 6.79. The van der Waals surface area contributed by atoms with E-state index in [4.69, 9.17) is 81.2 Å². The van der Waals surface area contributed by atoms with Crippen molar-refractivity contribution >= 4 is 283 Å². The lowest BCUT2D eigenvalue weighted by Gasteiger charge is -2.56. The minimum absolute atomic E-state index is 0.0925. The second kappa shape index (κ2) is 15.2. The standard InChI is InChI=1S/C14H7Br7Cl7F3I4/c15-6(8(23,24)4(22)3-5(30)31)9(18,19)13(32,33)14(34,35)12(27,28)11(25,26)10(20,21)7(16,17)1-2-29/h3-4,6H,1-2H2/t4-,6?/m1/s1. The van der Waals surface area contributed by atoms with E-state index < -0.39 is 48.5 Å². The van der Waals surface area contributed by atoms with E-state index in [1.165, 1.54) is 0 Å². The zero-order chi connectivity index (χ0) is 28.9. The van der Waals surface area contributed by atoms with Gasteiger partial charge in [0.15, 0.2) is 13.0 Å². The molecule has 35 heavy (non-hydrogen) atoms. The molecule has 0 fully saturated rings. The first kappa shape index (κ1) is 42.8. The van der Waals surface area contributed by atoms with E-state index in [9.17, 15) is 13.2 Å². The summed E-state index contributed by atoms with van der Waals surface area (Å²) >= 11 is 78.7. The third-order valence-electron chi connectivity index (χ3n) is 4.16. The van der Waals surface area contributed by atoms with Crippen LogP contribution in [0, 0.1) is 0 Å². The van der Waals surface area contributed by atoms with E-state index in [1.807, 2.05) is 90.4 Å². The smallest absolute Gasteiger partial charge is 0.251 e. The Labute approximate surface area is 350 Å². The molecular formula is C14H7Br7Cl7F3I4. The van der Waals surface area contributed by atoms with Crippen molar-refractivity contribution in [2.75, 3.05) is 6.67 Å². The molecular weight excluding hydrogens is 1540 g/mol. The van der Waals surface area contributed by atoms with Crippen LogP contribution in [0.25, 0.3) is 0 Å². The zero-order valence-corrected chi connectivity index (χ0v) is 40.6. The van der Waals surface area contributed by atoms with Gasteiger partial charge in [-0.25, -0.2) is 0 Å². The van der Waals surface area contributed by atoms with Crippen molar-refractivity contribution in [3.05, 3.63) is 12.2 Å². The van der Waals surface area contributed by atoms with Gasteiger partial charge in [0.2, 0.25) is 0 Å². The van der Waals surface area contributed by atoms with Crippen LogP contribution in [0.5, 0.6) is 0 Å². The van der Waals surface area contributed by atoms with Gasteiger partial charge in [0.05, 0.1) is 16.9 Å². The molecule has 0 radical (unpaired) electrons. The third-order valence-corrected chi connectivity index (χ3v) is 36.2. The molecule has 0 saturated heterocycles. The normalized spacial score (nSPS) is 17.3. The van der Waals surface area contributed by atoms with Gasteiger partial charge in [0.25, 0.3) is 6.08 Å². The molecule has 0 nitrogen and oxygen atoms in total. The first-order valence-corrected chi connectivity index (χ1v) is 20.6. The molecule has 0 spiro atoms. The Bertz CT molecular complexity index is 800. The summed E-state index contributed by atoms with van der Waals surface area (Å²) in [4.78, 5) is -1.05. The van der Waals surface area contributed by atoms with Crippen LogP contribution in [0.15, 0.2) is 12.2 Å². The van der Waals surface area contributed by atoms with Crippen molar-refractivity contribution in [2.24, 2.45) is 0 Å². The Morgan fingerprint density at radius 1 is 0.800 bits per heavy atom. The zero-order valence-electron chi connectivity index (χ0n) is 15.6. The summed E-state index contributed by atoms with van der Waals surface area (Å²) in [5.74, 6) is 0. The summed E-state index contributed by atoms with van der Waals surface area (Å²) in [7, 11) is 0. The summed E-state index contributed by atoms with van der Waals surface area (Å²) in [5.41, 5.74) is 0. The molecule has 0 rings (SSSR count). The molecule has 0 aromatic carbocycles. The molecule has 0 heterocycles. The minimum Gasteiger partial charge on any atom is -0.251 e. The monoisotopic (exact) mass is 1540 g/mol. The number of alkyl halides is 19. The maximum atomic E-state index is 13.3. The molecule has 0 aliphatic carbocycles. The molecule has 0 N–H and O–H groups in total. The highest BCUT2D eigenvalue weighted by Gasteiger charge is 2.78. The fraction of sp³-hybridized carbons (Fsp3) is 0.857. The number of hydrogen-bond donors (Lipinski definition) is 0. The lowest BCUT2D eigenvalue weighted by molar-refractivity contribution is 0.416. The highest BCUT2D eigenvalue weighted by Crippen LogP contribution is 2.75.